The third kappa shape index (κ3) is 4.30. The van der Waals surface area contributed by atoms with Gasteiger partial charge in [-0.3, -0.25) is 9.59 Å². The van der Waals surface area contributed by atoms with Gasteiger partial charge in [-0.25, -0.2) is 4.68 Å². The van der Waals surface area contributed by atoms with Gasteiger partial charge in [0.25, 0.3) is 5.91 Å². The molecule has 7 heteroatoms. The van der Waals surface area contributed by atoms with Crippen molar-refractivity contribution in [3.05, 3.63) is 89.8 Å². The first kappa shape index (κ1) is 20.8. The number of hydrogen-bond acceptors (Lipinski definition) is 4. The standard InChI is InChI=1S/C26H24N4O3/c1-18-9-14-23(33-18)25-22(17-30(28-25)21-6-3-2-4-7-21)26(32)27-16-19-10-12-20(13-11-19)29-15-5-8-24(29)31/h2-4,6-7,9-14,17H,5,8,15-16H2,1H3,(H,27,32). The van der Waals surface area contributed by atoms with E-state index in [1.807, 2.05) is 73.7 Å². The lowest BCUT2D eigenvalue weighted by atomic mass is 10.1. The fourth-order valence-corrected chi connectivity index (χ4v) is 3.99. The molecule has 1 aliphatic rings. The monoisotopic (exact) mass is 440 g/mol. The van der Waals surface area contributed by atoms with Gasteiger partial charge in [0.15, 0.2) is 5.76 Å². The zero-order chi connectivity index (χ0) is 22.8. The van der Waals surface area contributed by atoms with E-state index < -0.39 is 0 Å². The molecule has 0 atom stereocenters. The van der Waals surface area contributed by atoms with Crippen LogP contribution in [0.25, 0.3) is 17.1 Å². The predicted octanol–water partition coefficient (Wildman–Crippen LogP) is 4.50. The molecule has 3 heterocycles. The van der Waals surface area contributed by atoms with Crippen LogP contribution in [0.4, 0.5) is 5.69 Å². The molecule has 4 aromatic rings. The zero-order valence-corrected chi connectivity index (χ0v) is 18.3. The van der Waals surface area contributed by atoms with Crippen LogP contribution in [0.15, 0.2) is 77.3 Å². The molecule has 0 aliphatic carbocycles. The summed E-state index contributed by atoms with van der Waals surface area (Å²) in [7, 11) is 0. The van der Waals surface area contributed by atoms with Crippen LogP contribution >= 0.6 is 0 Å². The van der Waals surface area contributed by atoms with Crippen molar-refractivity contribution in [3.8, 4) is 17.1 Å². The maximum absolute atomic E-state index is 13.1. The zero-order valence-electron chi connectivity index (χ0n) is 18.3. The van der Waals surface area contributed by atoms with Crippen molar-refractivity contribution >= 4 is 17.5 Å². The molecule has 0 saturated carbocycles. The van der Waals surface area contributed by atoms with Crippen LogP contribution in [-0.4, -0.2) is 28.1 Å². The Morgan fingerprint density at radius 2 is 1.82 bits per heavy atom. The Morgan fingerprint density at radius 3 is 2.48 bits per heavy atom. The number of rotatable bonds is 6. The Hall–Kier alpha value is -4.13. The summed E-state index contributed by atoms with van der Waals surface area (Å²) in [5, 5.41) is 7.61. The molecule has 7 nitrogen and oxygen atoms in total. The number of amides is 2. The van der Waals surface area contributed by atoms with Gasteiger partial charge in [0.2, 0.25) is 5.91 Å². The second kappa shape index (κ2) is 8.78. The van der Waals surface area contributed by atoms with E-state index in [9.17, 15) is 9.59 Å². The fraction of sp³-hybridized carbons (Fsp3) is 0.192. The quantitative estimate of drug-likeness (QED) is 0.479. The van der Waals surface area contributed by atoms with E-state index in [0.717, 1.165) is 35.7 Å². The number of anilines is 1. The summed E-state index contributed by atoms with van der Waals surface area (Å²) < 4.78 is 7.44. The first-order valence-corrected chi connectivity index (χ1v) is 11.0. The molecule has 2 aromatic heterocycles. The maximum Gasteiger partial charge on any atom is 0.255 e. The molecule has 0 radical (unpaired) electrons. The fourth-order valence-electron chi connectivity index (χ4n) is 3.99. The van der Waals surface area contributed by atoms with Crippen LogP contribution in [0.2, 0.25) is 0 Å². The number of hydrogen-bond donors (Lipinski definition) is 1. The summed E-state index contributed by atoms with van der Waals surface area (Å²) in [5.74, 6) is 1.22. The van der Waals surface area contributed by atoms with Crippen molar-refractivity contribution in [2.75, 3.05) is 11.4 Å². The van der Waals surface area contributed by atoms with E-state index >= 15 is 0 Å². The summed E-state index contributed by atoms with van der Waals surface area (Å²) in [6.45, 7) is 2.98. The van der Waals surface area contributed by atoms with Crippen molar-refractivity contribution in [2.24, 2.45) is 0 Å². The Bertz CT molecular complexity index is 1290. The average Bonchev–Trinajstić information content (AvgIpc) is 3.58. The number of nitrogens with zero attached hydrogens (tertiary/aromatic N) is 3. The molecular formula is C26H24N4O3. The van der Waals surface area contributed by atoms with Gasteiger partial charge in [0, 0.05) is 31.4 Å². The van der Waals surface area contributed by atoms with Gasteiger partial charge in [-0.2, -0.15) is 5.10 Å². The smallest absolute Gasteiger partial charge is 0.255 e. The normalized spacial score (nSPS) is 13.5. The summed E-state index contributed by atoms with van der Waals surface area (Å²) in [5.41, 5.74) is 3.63. The van der Waals surface area contributed by atoms with Crippen LogP contribution in [0, 0.1) is 6.92 Å². The third-order valence-electron chi connectivity index (χ3n) is 5.73. The molecule has 2 aromatic carbocycles. The van der Waals surface area contributed by atoms with Crippen molar-refractivity contribution in [2.45, 2.75) is 26.3 Å². The second-order valence-corrected chi connectivity index (χ2v) is 8.08. The lowest BCUT2D eigenvalue weighted by molar-refractivity contribution is -0.117. The Morgan fingerprint density at radius 1 is 1.03 bits per heavy atom. The van der Waals surface area contributed by atoms with E-state index in [2.05, 4.69) is 10.4 Å². The molecule has 1 saturated heterocycles. The number of aryl methyl sites for hydroxylation is 1. The van der Waals surface area contributed by atoms with Crippen LogP contribution in [0.3, 0.4) is 0 Å². The van der Waals surface area contributed by atoms with Crippen LogP contribution in [0.5, 0.6) is 0 Å². The van der Waals surface area contributed by atoms with Gasteiger partial charge < -0.3 is 14.6 Å². The van der Waals surface area contributed by atoms with Gasteiger partial charge in [-0.15, -0.1) is 0 Å². The van der Waals surface area contributed by atoms with Gasteiger partial charge in [0.05, 0.1) is 11.3 Å². The molecular weight excluding hydrogens is 416 g/mol. The number of nitrogens with one attached hydrogen (secondary N) is 1. The SMILES string of the molecule is Cc1ccc(-c2nn(-c3ccccc3)cc2C(=O)NCc2ccc(N3CCCC3=O)cc2)o1. The number of para-hydroxylation sites is 1. The highest BCUT2D eigenvalue weighted by molar-refractivity contribution is 5.99. The highest BCUT2D eigenvalue weighted by atomic mass is 16.3. The molecule has 0 unspecified atom stereocenters. The van der Waals surface area contributed by atoms with E-state index in [4.69, 9.17) is 4.42 Å². The molecule has 1 fully saturated rings. The molecule has 2 amide bonds. The number of carbonyl (C=O) groups is 2. The minimum absolute atomic E-state index is 0.159. The van der Waals surface area contributed by atoms with Crippen LogP contribution < -0.4 is 10.2 Å². The van der Waals surface area contributed by atoms with Gasteiger partial charge >= 0.3 is 0 Å². The minimum Gasteiger partial charge on any atom is -0.460 e. The highest BCUT2D eigenvalue weighted by Crippen LogP contribution is 2.26. The second-order valence-electron chi connectivity index (χ2n) is 8.08. The van der Waals surface area contributed by atoms with E-state index in [-0.39, 0.29) is 11.8 Å². The highest BCUT2D eigenvalue weighted by Gasteiger charge is 2.22. The van der Waals surface area contributed by atoms with Crippen molar-refractivity contribution in [1.29, 1.82) is 0 Å². The largest absolute Gasteiger partial charge is 0.460 e. The minimum atomic E-state index is -0.236. The van der Waals surface area contributed by atoms with Crippen molar-refractivity contribution < 1.29 is 14.0 Å². The summed E-state index contributed by atoms with van der Waals surface area (Å²) in [6.07, 6.45) is 3.22. The molecule has 166 valence electrons. The Kier molecular flexibility index (Phi) is 5.52. The van der Waals surface area contributed by atoms with Crippen molar-refractivity contribution in [1.82, 2.24) is 15.1 Å². The summed E-state index contributed by atoms with van der Waals surface area (Å²) in [4.78, 5) is 26.9. The molecule has 0 bridgehead atoms. The number of carbonyl (C=O) groups excluding carboxylic acids is 2. The number of aromatic nitrogens is 2. The third-order valence-corrected chi connectivity index (χ3v) is 5.73. The first-order valence-electron chi connectivity index (χ1n) is 11.0. The van der Waals surface area contributed by atoms with E-state index in [1.54, 1.807) is 15.8 Å². The van der Waals surface area contributed by atoms with Gasteiger partial charge in [0.1, 0.15) is 11.5 Å². The first-order chi connectivity index (χ1) is 16.1. The Labute approximate surface area is 191 Å². The summed E-state index contributed by atoms with van der Waals surface area (Å²) in [6, 6.07) is 21.0. The maximum atomic E-state index is 13.1. The molecule has 0 spiro atoms. The average molecular weight is 441 g/mol. The topological polar surface area (TPSA) is 80.4 Å². The molecule has 1 aliphatic heterocycles. The number of benzene rings is 2. The van der Waals surface area contributed by atoms with Crippen molar-refractivity contribution in [3.63, 3.8) is 0 Å². The lowest BCUT2D eigenvalue weighted by Crippen LogP contribution is -2.24. The van der Waals surface area contributed by atoms with E-state index in [1.165, 1.54) is 0 Å². The molecule has 1 N–H and O–H groups in total. The molecule has 5 rings (SSSR count). The molecule has 33 heavy (non-hydrogen) atoms. The van der Waals surface area contributed by atoms with Crippen LogP contribution in [0.1, 0.15) is 34.5 Å². The summed E-state index contributed by atoms with van der Waals surface area (Å²) >= 11 is 0. The van der Waals surface area contributed by atoms with E-state index in [0.29, 0.717) is 30.0 Å². The van der Waals surface area contributed by atoms with Crippen LogP contribution in [-0.2, 0) is 11.3 Å². The van der Waals surface area contributed by atoms with Gasteiger partial charge in [-0.05, 0) is 55.3 Å². The lowest BCUT2D eigenvalue weighted by Gasteiger charge is -2.16. The number of furan rings is 1. The Balaban J connectivity index is 1.35. The predicted molar refractivity (Wildman–Crippen MR) is 125 cm³/mol. The van der Waals surface area contributed by atoms with Gasteiger partial charge in [-0.1, -0.05) is 30.3 Å².